The fourth-order valence-corrected chi connectivity index (χ4v) is 4.83. The van der Waals surface area contributed by atoms with Gasteiger partial charge in [0.1, 0.15) is 23.4 Å². The summed E-state index contributed by atoms with van der Waals surface area (Å²) >= 11 is 1.53. The Hall–Kier alpha value is -2.95. The number of phenols is 1. The van der Waals surface area contributed by atoms with Crippen LogP contribution in [0.3, 0.4) is 0 Å². The van der Waals surface area contributed by atoms with E-state index in [1.54, 1.807) is 45.9 Å². The molecule has 0 heterocycles. The van der Waals surface area contributed by atoms with Crippen LogP contribution in [0.4, 0.5) is 4.79 Å². The number of phenolic OH excluding ortho intramolecular Hbond substituents is 1. The second kappa shape index (κ2) is 20.0. The largest absolute Gasteiger partial charge is 0.508 e. The Morgan fingerprint density at radius 1 is 1.02 bits per heavy atom. The fourth-order valence-electron chi connectivity index (χ4n) is 4.36. The number of hydrogen-bond donors (Lipinski definition) is 3. The van der Waals surface area contributed by atoms with Crippen LogP contribution in [0.15, 0.2) is 24.3 Å². The third-order valence-electron chi connectivity index (χ3n) is 6.36. The van der Waals surface area contributed by atoms with Crippen LogP contribution < -0.4 is 10.6 Å². The predicted molar refractivity (Wildman–Crippen MR) is 166 cm³/mol. The topological polar surface area (TPSA) is 134 Å². The number of aromatic hydroxyl groups is 1. The van der Waals surface area contributed by atoms with Gasteiger partial charge in [0, 0.05) is 18.7 Å². The number of thioether (sulfide) groups is 1. The summed E-state index contributed by atoms with van der Waals surface area (Å²) in [4.78, 5) is 54.0. The van der Waals surface area contributed by atoms with Crippen molar-refractivity contribution in [1.82, 2.24) is 15.5 Å². The molecule has 0 spiro atoms. The first kappa shape index (κ1) is 37.1. The lowest BCUT2D eigenvalue weighted by molar-refractivity contribution is -0.144. The van der Waals surface area contributed by atoms with Gasteiger partial charge in [-0.1, -0.05) is 57.2 Å². The lowest BCUT2D eigenvalue weighted by Gasteiger charge is -2.35. The molecule has 0 fully saturated rings. The van der Waals surface area contributed by atoms with Crippen LogP contribution >= 0.6 is 11.8 Å². The predicted octanol–water partition coefficient (Wildman–Crippen LogP) is 5.34. The minimum atomic E-state index is -1.19. The van der Waals surface area contributed by atoms with Gasteiger partial charge in [0.05, 0.1) is 13.0 Å². The Kier molecular flexibility index (Phi) is 17.7. The molecule has 3 amide bonds. The van der Waals surface area contributed by atoms with Crippen LogP contribution in [0.2, 0.25) is 0 Å². The van der Waals surface area contributed by atoms with Gasteiger partial charge in [0.15, 0.2) is 0 Å². The van der Waals surface area contributed by atoms with Crippen LogP contribution in [-0.4, -0.2) is 77.2 Å². The number of nitrogens with zero attached hydrogens (tertiary/aromatic N) is 1. The molecule has 1 aromatic rings. The summed E-state index contributed by atoms with van der Waals surface area (Å²) in [5.74, 6) is -0.984. The monoisotopic (exact) mass is 609 g/mol. The molecule has 0 saturated carbocycles. The van der Waals surface area contributed by atoms with E-state index in [0.717, 1.165) is 32.1 Å². The highest BCUT2D eigenvalue weighted by Crippen LogP contribution is 2.30. The van der Waals surface area contributed by atoms with Crippen molar-refractivity contribution >= 4 is 35.6 Å². The summed E-state index contributed by atoms with van der Waals surface area (Å²) in [6, 6.07) is 4.25. The highest BCUT2D eigenvalue weighted by molar-refractivity contribution is 7.98. The Balaban J connectivity index is 3.41. The number of rotatable bonds is 19. The maximum Gasteiger partial charge on any atom is 0.408 e. The molecule has 238 valence electrons. The van der Waals surface area contributed by atoms with Crippen molar-refractivity contribution in [2.24, 2.45) is 0 Å². The van der Waals surface area contributed by atoms with Gasteiger partial charge >= 0.3 is 12.1 Å². The van der Waals surface area contributed by atoms with Crippen molar-refractivity contribution < 1.29 is 33.8 Å². The minimum absolute atomic E-state index is 0.00682. The van der Waals surface area contributed by atoms with Gasteiger partial charge in [-0.05, 0) is 58.6 Å². The lowest BCUT2D eigenvalue weighted by atomic mass is 10.00. The first-order valence-electron chi connectivity index (χ1n) is 14.9. The summed E-state index contributed by atoms with van der Waals surface area (Å²) in [6.07, 6.45) is 7.28. The molecule has 2 unspecified atom stereocenters. The van der Waals surface area contributed by atoms with E-state index in [-0.39, 0.29) is 37.4 Å². The van der Waals surface area contributed by atoms with E-state index in [0.29, 0.717) is 18.6 Å². The molecule has 0 saturated heterocycles. The zero-order chi connectivity index (χ0) is 31.5. The van der Waals surface area contributed by atoms with Crippen molar-refractivity contribution in [3.05, 3.63) is 29.8 Å². The second-order valence-electron chi connectivity index (χ2n) is 11.1. The van der Waals surface area contributed by atoms with Crippen LogP contribution in [0.25, 0.3) is 0 Å². The molecule has 1 rings (SSSR count). The van der Waals surface area contributed by atoms with Crippen molar-refractivity contribution in [3.63, 3.8) is 0 Å². The highest BCUT2D eigenvalue weighted by atomic mass is 32.2. The first-order valence-corrected chi connectivity index (χ1v) is 16.3. The van der Waals surface area contributed by atoms with Crippen LogP contribution in [-0.2, 0) is 23.9 Å². The second-order valence-corrected chi connectivity index (χ2v) is 12.1. The zero-order valence-corrected chi connectivity index (χ0v) is 27.0. The van der Waals surface area contributed by atoms with Gasteiger partial charge in [0.2, 0.25) is 11.8 Å². The number of nitrogens with one attached hydrogen (secondary N) is 2. The van der Waals surface area contributed by atoms with E-state index in [2.05, 4.69) is 17.6 Å². The molecule has 0 aromatic heterocycles. The number of carbonyl (C=O) groups excluding carboxylic acids is 4. The first-order chi connectivity index (χ1) is 19.9. The van der Waals surface area contributed by atoms with Crippen LogP contribution in [0, 0.1) is 0 Å². The zero-order valence-electron chi connectivity index (χ0n) is 26.2. The number of ether oxygens (including phenoxy) is 2. The van der Waals surface area contributed by atoms with Crippen molar-refractivity contribution in [2.45, 2.75) is 104 Å². The third kappa shape index (κ3) is 14.3. The minimum Gasteiger partial charge on any atom is -0.508 e. The molecule has 0 bridgehead atoms. The molecule has 1 aromatic carbocycles. The number of alkyl carbamates (subject to hydrolysis) is 1. The molecule has 42 heavy (non-hydrogen) atoms. The lowest BCUT2D eigenvalue weighted by Crippen LogP contribution is -2.53. The highest BCUT2D eigenvalue weighted by Gasteiger charge is 2.37. The Morgan fingerprint density at radius 2 is 1.69 bits per heavy atom. The molecule has 2 atom stereocenters. The van der Waals surface area contributed by atoms with Crippen LogP contribution in [0.1, 0.15) is 97.6 Å². The number of benzene rings is 1. The van der Waals surface area contributed by atoms with Gasteiger partial charge in [-0.2, -0.15) is 11.8 Å². The summed E-state index contributed by atoms with van der Waals surface area (Å²) in [7, 11) is 0. The molecule has 10 nitrogen and oxygen atoms in total. The van der Waals surface area contributed by atoms with Crippen LogP contribution in [0.5, 0.6) is 5.75 Å². The van der Waals surface area contributed by atoms with Crippen molar-refractivity contribution in [3.8, 4) is 5.75 Å². The van der Waals surface area contributed by atoms with Gasteiger partial charge in [-0.25, -0.2) is 4.79 Å². The van der Waals surface area contributed by atoms with E-state index in [1.807, 2.05) is 6.26 Å². The van der Waals surface area contributed by atoms with Gasteiger partial charge in [0.25, 0.3) is 0 Å². The summed E-state index contributed by atoms with van der Waals surface area (Å²) in [5.41, 5.74) is -0.502. The molecular formula is C31H51N3O7S. The average molecular weight is 610 g/mol. The number of para-hydroxylation sites is 1. The Morgan fingerprint density at radius 3 is 2.31 bits per heavy atom. The standard InChI is InChI=1S/C31H51N3O7S/c1-7-9-10-11-12-15-21-34(29(38)24(19-22-42-6)33-30(39)41-31(3,4)5)27(23-16-13-14-17-25(23)35)28(37)32-20-18-26(36)40-8-2/h13-14,16-17,24,27,35H,7-12,15,18-22H2,1-6H3,(H,32,37)(H,33,39). The maximum absolute atomic E-state index is 14.2. The Bertz CT molecular complexity index is 984. The van der Waals surface area contributed by atoms with E-state index in [1.165, 1.54) is 22.7 Å². The summed E-state index contributed by atoms with van der Waals surface area (Å²) < 4.78 is 10.4. The number of carbonyl (C=O) groups is 4. The summed E-state index contributed by atoms with van der Waals surface area (Å²) in [6.45, 7) is 9.55. The smallest absolute Gasteiger partial charge is 0.408 e. The summed E-state index contributed by atoms with van der Waals surface area (Å²) in [5, 5.41) is 16.2. The average Bonchev–Trinajstić information content (AvgIpc) is 2.91. The maximum atomic E-state index is 14.2. The van der Waals surface area contributed by atoms with E-state index in [9.17, 15) is 24.3 Å². The molecule has 0 aliphatic carbocycles. The van der Waals surface area contributed by atoms with E-state index < -0.39 is 41.6 Å². The Labute approximate surface area is 255 Å². The number of amides is 3. The number of hydrogen-bond acceptors (Lipinski definition) is 8. The van der Waals surface area contributed by atoms with Crippen molar-refractivity contribution in [2.75, 3.05) is 31.7 Å². The molecule has 0 aliphatic heterocycles. The number of unbranched alkanes of at least 4 members (excludes halogenated alkanes) is 5. The fraction of sp³-hybridized carbons (Fsp3) is 0.677. The van der Waals surface area contributed by atoms with Crippen molar-refractivity contribution in [1.29, 1.82) is 0 Å². The SMILES string of the molecule is CCCCCCCCN(C(=O)C(CCSC)NC(=O)OC(C)(C)C)C(C(=O)NCCC(=O)OCC)c1ccccc1O. The van der Waals surface area contributed by atoms with E-state index >= 15 is 0 Å². The molecule has 11 heteroatoms. The molecule has 0 aliphatic rings. The third-order valence-corrected chi connectivity index (χ3v) is 7.00. The molecular weight excluding hydrogens is 558 g/mol. The van der Waals surface area contributed by atoms with Gasteiger partial charge in [-0.15, -0.1) is 0 Å². The van der Waals surface area contributed by atoms with E-state index in [4.69, 9.17) is 9.47 Å². The number of esters is 1. The molecule has 0 radical (unpaired) electrons. The molecule has 3 N–H and O–H groups in total. The van der Waals surface area contributed by atoms with Gasteiger partial charge in [-0.3, -0.25) is 14.4 Å². The van der Waals surface area contributed by atoms with Gasteiger partial charge < -0.3 is 30.1 Å². The normalized spacial score (nSPS) is 12.6. The quantitative estimate of drug-likeness (QED) is 0.141.